The van der Waals surface area contributed by atoms with E-state index in [1.165, 1.54) is 23.5 Å². The van der Waals surface area contributed by atoms with Crippen LogP contribution in [0.4, 0.5) is 5.69 Å². The van der Waals surface area contributed by atoms with Gasteiger partial charge in [0, 0.05) is 13.5 Å². The summed E-state index contributed by atoms with van der Waals surface area (Å²) in [5, 5.41) is 3.17. The van der Waals surface area contributed by atoms with Gasteiger partial charge in [-0.3, -0.25) is 4.79 Å². The molecule has 0 spiro atoms. The topological polar surface area (TPSA) is 75.7 Å². The van der Waals surface area contributed by atoms with Gasteiger partial charge in [-0.05, 0) is 42.0 Å². The van der Waals surface area contributed by atoms with Crippen molar-refractivity contribution in [2.45, 2.75) is 17.4 Å². The summed E-state index contributed by atoms with van der Waals surface area (Å²) in [5.41, 5.74) is 1.13. The molecule has 3 aromatic carbocycles. The maximum absolute atomic E-state index is 13.2. The minimum atomic E-state index is -3.83. The SMILES string of the molecule is COc1ccc([C@H](CC(=O)Nc2ccccc2Cl)N(C)S(=O)(=O)c2ccccc2)cc1. The summed E-state index contributed by atoms with van der Waals surface area (Å²) in [6, 6.07) is 21.2. The second-order valence-corrected chi connectivity index (χ2v) is 9.26. The van der Waals surface area contributed by atoms with Gasteiger partial charge in [-0.2, -0.15) is 4.31 Å². The molecule has 0 bridgehead atoms. The summed E-state index contributed by atoms with van der Waals surface area (Å²) in [7, 11) is -0.809. The van der Waals surface area contributed by atoms with E-state index >= 15 is 0 Å². The lowest BCUT2D eigenvalue weighted by Crippen LogP contribution is -2.33. The number of methoxy groups -OCH3 is 1. The van der Waals surface area contributed by atoms with Crippen molar-refractivity contribution in [3.8, 4) is 5.75 Å². The van der Waals surface area contributed by atoms with Gasteiger partial charge in [0.2, 0.25) is 15.9 Å². The summed E-state index contributed by atoms with van der Waals surface area (Å²) >= 11 is 6.14. The minimum Gasteiger partial charge on any atom is -0.497 e. The third-order valence-electron chi connectivity index (χ3n) is 4.89. The number of hydrogen-bond acceptors (Lipinski definition) is 4. The van der Waals surface area contributed by atoms with E-state index in [0.717, 1.165) is 0 Å². The normalized spacial score (nSPS) is 12.4. The molecule has 1 amide bonds. The highest BCUT2D eigenvalue weighted by atomic mass is 35.5. The number of anilines is 1. The quantitative estimate of drug-likeness (QED) is 0.529. The second kappa shape index (κ2) is 9.96. The number of nitrogens with one attached hydrogen (secondary N) is 1. The van der Waals surface area contributed by atoms with E-state index in [2.05, 4.69) is 5.32 Å². The Bertz CT molecular complexity index is 1140. The van der Waals surface area contributed by atoms with Crippen LogP contribution in [-0.4, -0.2) is 32.8 Å². The van der Waals surface area contributed by atoms with E-state index < -0.39 is 16.1 Å². The highest BCUT2D eigenvalue weighted by Crippen LogP contribution is 2.31. The predicted octanol–water partition coefficient (Wildman–Crippen LogP) is 4.74. The molecule has 0 aliphatic heterocycles. The van der Waals surface area contributed by atoms with E-state index in [1.54, 1.807) is 73.8 Å². The number of nitrogens with zero attached hydrogens (tertiary/aromatic N) is 1. The fourth-order valence-electron chi connectivity index (χ4n) is 3.15. The average Bonchev–Trinajstić information content (AvgIpc) is 2.79. The molecular formula is C23H23ClN2O4S. The standard InChI is InChI=1S/C23H23ClN2O4S/c1-26(31(28,29)19-8-4-3-5-9-19)22(17-12-14-18(30-2)15-13-17)16-23(27)25-21-11-7-6-10-20(21)24/h3-15,22H,16H2,1-2H3,(H,25,27)/t22-/m0/s1. The molecule has 0 aromatic heterocycles. The van der Waals surface area contributed by atoms with E-state index in [0.29, 0.717) is 22.0 Å². The van der Waals surface area contributed by atoms with Crippen molar-refractivity contribution in [2.75, 3.05) is 19.5 Å². The molecule has 1 atom stereocenters. The van der Waals surface area contributed by atoms with Gasteiger partial charge in [0.1, 0.15) is 5.75 Å². The lowest BCUT2D eigenvalue weighted by molar-refractivity contribution is -0.117. The largest absolute Gasteiger partial charge is 0.497 e. The fraction of sp³-hybridized carbons (Fsp3) is 0.174. The molecule has 0 fully saturated rings. The Labute approximate surface area is 187 Å². The van der Waals surface area contributed by atoms with Crippen LogP contribution in [-0.2, 0) is 14.8 Å². The highest BCUT2D eigenvalue weighted by molar-refractivity contribution is 7.89. The molecule has 1 N–H and O–H groups in total. The van der Waals surface area contributed by atoms with Crippen LogP contribution in [0.1, 0.15) is 18.0 Å². The van der Waals surface area contributed by atoms with Gasteiger partial charge in [0.15, 0.2) is 0 Å². The molecule has 0 radical (unpaired) electrons. The van der Waals surface area contributed by atoms with Gasteiger partial charge in [-0.15, -0.1) is 0 Å². The first-order valence-corrected chi connectivity index (χ1v) is 11.4. The van der Waals surface area contributed by atoms with E-state index in [9.17, 15) is 13.2 Å². The first kappa shape index (κ1) is 22.8. The average molecular weight is 459 g/mol. The summed E-state index contributed by atoms with van der Waals surface area (Å²) in [5.74, 6) is 0.278. The number of carbonyl (C=O) groups is 1. The Hall–Kier alpha value is -2.87. The van der Waals surface area contributed by atoms with Crippen molar-refractivity contribution in [1.82, 2.24) is 4.31 Å². The molecule has 162 valence electrons. The third kappa shape index (κ3) is 5.44. The smallest absolute Gasteiger partial charge is 0.243 e. The molecule has 0 heterocycles. The van der Waals surface area contributed by atoms with Gasteiger partial charge < -0.3 is 10.1 Å². The maximum Gasteiger partial charge on any atom is 0.243 e. The molecule has 0 saturated carbocycles. The number of amides is 1. The summed E-state index contributed by atoms with van der Waals surface area (Å²) in [6.45, 7) is 0. The van der Waals surface area contributed by atoms with Gasteiger partial charge >= 0.3 is 0 Å². The zero-order valence-electron chi connectivity index (χ0n) is 17.2. The van der Waals surface area contributed by atoms with Crippen molar-refractivity contribution in [3.63, 3.8) is 0 Å². The second-order valence-electron chi connectivity index (χ2n) is 6.86. The number of halogens is 1. The van der Waals surface area contributed by atoms with Crippen LogP contribution in [0.2, 0.25) is 5.02 Å². The molecule has 0 aliphatic carbocycles. The first-order chi connectivity index (χ1) is 14.8. The van der Waals surface area contributed by atoms with Crippen LogP contribution in [0.15, 0.2) is 83.8 Å². The Balaban J connectivity index is 1.92. The van der Waals surface area contributed by atoms with E-state index in [4.69, 9.17) is 16.3 Å². The summed E-state index contributed by atoms with van der Waals surface area (Å²) < 4.78 is 32.8. The van der Waals surface area contributed by atoms with Gasteiger partial charge in [-0.1, -0.05) is 54.1 Å². The lowest BCUT2D eigenvalue weighted by atomic mass is 10.0. The Morgan fingerprint density at radius 2 is 1.61 bits per heavy atom. The van der Waals surface area contributed by atoms with Gasteiger partial charge in [0.25, 0.3) is 0 Å². The van der Waals surface area contributed by atoms with Crippen LogP contribution in [0.3, 0.4) is 0 Å². The Morgan fingerprint density at radius 3 is 2.23 bits per heavy atom. The summed E-state index contributed by atoms with van der Waals surface area (Å²) in [4.78, 5) is 13.0. The molecule has 0 unspecified atom stereocenters. The molecule has 3 rings (SSSR count). The molecule has 3 aromatic rings. The zero-order valence-corrected chi connectivity index (χ0v) is 18.7. The molecule has 0 aliphatic rings. The monoisotopic (exact) mass is 458 g/mol. The van der Waals surface area contributed by atoms with Gasteiger partial charge in [-0.25, -0.2) is 8.42 Å². The Morgan fingerprint density at radius 1 is 1.00 bits per heavy atom. The van der Waals surface area contributed by atoms with Gasteiger partial charge in [0.05, 0.1) is 28.8 Å². The number of ether oxygens (including phenoxy) is 1. The van der Waals surface area contributed by atoms with E-state index in [-0.39, 0.29) is 17.2 Å². The molecule has 31 heavy (non-hydrogen) atoms. The Kier molecular flexibility index (Phi) is 7.33. The predicted molar refractivity (Wildman–Crippen MR) is 122 cm³/mol. The number of carbonyl (C=O) groups excluding carboxylic acids is 1. The lowest BCUT2D eigenvalue weighted by Gasteiger charge is -2.28. The van der Waals surface area contributed by atoms with Crippen molar-refractivity contribution < 1.29 is 17.9 Å². The number of sulfonamides is 1. The zero-order chi connectivity index (χ0) is 22.4. The molecular weight excluding hydrogens is 436 g/mol. The van der Waals surface area contributed by atoms with Crippen molar-refractivity contribution in [1.29, 1.82) is 0 Å². The molecule has 6 nitrogen and oxygen atoms in total. The van der Waals surface area contributed by atoms with E-state index in [1.807, 2.05) is 0 Å². The molecule has 8 heteroatoms. The highest BCUT2D eigenvalue weighted by Gasteiger charge is 2.31. The third-order valence-corrected chi connectivity index (χ3v) is 7.10. The number of benzene rings is 3. The van der Waals surface area contributed by atoms with Crippen molar-refractivity contribution in [2.24, 2.45) is 0 Å². The minimum absolute atomic E-state index is 0.0971. The van der Waals surface area contributed by atoms with Crippen LogP contribution < -0.4 is 10.1 Å². The fourth-order valence-corrected chi connectivity index (χ4v) is 4.70. The van der Waals surface area contributed by atoms with Crippen molar-refractivity contribution >= 4 is 33.2 Å². The van der Waals surface area contributed by atoms with Crippen LogP contribution in [0, 0.1) is 0 Å². The van der Waals surface area contributed by atoms with Crippen LogP contribution >= 0.6 is 11.6 Å². The summed E-state index contributed by atoms with van der Waals surface area (Å²) in [6.07, 6.45) is -0.0971. The number of para-hydroxylation sites is 1. The van der Waals surface area contributed by atoms with Crippen LogP contribution in [0.25, 0.3) is 0 Å². The maximum atomic E-state index is 13.2. The first-order valence-electron chi connectivity index (χ1n) is 9.54. The molecule has 0 saturated heterocycles. The van der Waals surface area contributed by atoms with Crippen LogP contribution in [0.5, 0.6) is 5.75 Å². The van der Waals surface area contributed by atoms with Crippen molar-refractivity contribution in [3.05, 3.63) is 89.4 Å². The number of hydrogen-bond donors (Lipinski definition) is 1. The number of rotatable bonds is 8.